The van der Waals surface area contributed by atoms with Crippen molar-refractivity contribution in [1.82, 2.24) is 5.32 Å². The van der Waals surface area contributed by atoms with Crippen LogP contribution in [-0.4, -0.2) is 29.6 Å². The highest BCUT2D eigenvalue weighted by Crippen LogP contribution is 2.23. The number of ether oxygens (including phenoxy) is 1. The average molecular weight is 344 g/mol. The number of halogens is 1. The number of benzene rings is 1. The van der Waals surface area contributed by atoms with Crippen molar-refractivity contribution in [3.05, 3.63) is 28.2 Å². The predicted molar refractivity (Wildman–Crippen MR) is 79.0 cm³/mol. The van der Waals surface area contributed by atoms with E-state index in [-0.39, 0.29) is 29.9 Å². The molecule has 0 aliphatic carbocycles. The summed E-state index contributed by atoms with van der Waals surface area (Å²) in [7, 11) is 0. The van der Waals surface area contributed by atoms with E-state index in [9.17, 15) is 9.59 Å². The first-order valence-corrected chi connectivity index (χ1v) is 7.05. The summed E-state index contributed by atoms with van der Waals surface area (Å²) in [6.07, 6.45) is 0. The number of aromatic carboxylic acids is 1. The van der Waals surface area contributed by atoms with Crippen LogP contribution in [0.3, 0.4) is 0 Å². The number of nitrogens with one attached hydrogen (secondary N) is 1. The van der Waals surface area contributed by atoms with Crippen LogP contribution in [0.15, 0.2) is 22.7 Å². The number of hydrogen-bond acceptors (Lipinski definition) is 3. The van der Waals surface area contributed by atoms with Crippen LogP contribution in [0.5, 0.6) is 5.75 Å². The largest absolute Gasteiger partial charge is 0.483 e. The fourth-order valence-corrected chi connectivity index (χ4v) is 1.74. The lowest BCUT2D eigenvalue weighted by molar-refractivity contribution is -0.124. The minimum atomic E-state index is -1.09. The van der Waals surface area contributed by atoms with Crippen LogP contribution in [0.2, 0.25) is 0 Å². The summed E-state index contributed by atoms with van der Waals surface area (Å²) >= 11 is 3.24. The molecule has 1 aromatic rings. The smallest absolute Gasteiger partial charge is 0.339 e. The molecule has 1 unspecified atom stereocenters. The van der Waals surface area contributed by atoms with Crippen LogP contribution in [-0.2, 0) is 4.79 Å². The maximum atomic E-state index is 11.7. The lowest BCUT2D eigenvalue weighted by Crippen LogP contribution is -2.39. The fourth-order valence-electron chi connectivity index (χ4n) is 1.40. The molecule has 0 saturated heterocycles. The summed E-state index contributed by atoms with van der Waals surface area (Å²) in [5, 5.41) is 11.8. The predicted octanol–water partition coefficient (Wildman–Crippen LogP) is 2.69. The maximum absolute atomic E-state index is 11.7. The van der Waals surface area contributed by atoms with Crippen molar-refractivity contribution >= 4 is 27.8 Å². The van der Waals surface area contributed by atoms with Gasteiger partial charge in [-0.05, 0) is 31.0 Å². The zero-order valence-electron chi connectivity index (χ0n) is 11.6. The summed E-state index contributed by atoms with van der Waals surface area (Å²) in [4.78, 5) is 22.8. The molecule has 0 aliphatic heterocycles. The van der Waals surface area contributed by atoms with Gasteiger partial charge in [-0.3, -0.25) is 4.79 Å². The summed E-state index contributed by atoms with van der Waals surface area (Å²) in [6.45, 7) is 5.70. The number of carboxylic acid groups (broad SMARTS) is 1. The van der Waals surface area contributed by atoms with E-state index in [1.54, 1.807) is 6.07 Å². The van der Waals surface area contributed by atoms with Gasteiger partial charge in [0.25, 0.3) is 5.91 Å². The second-order valence-electron chi connectivity index (χ2n) is 4.83. The molecule has 110 valence electrons. The van der Waals surface area contributed by atoms with Gasteiger partial charge in [0.15, 0.2) is 6.61 Å². The van der Waals surface area contributed by atoms with Gasteiger partial charge >= 0.3 is 5.97 Å². The molecule has 0 spiro atoms. The zero-order chi connectivity index (χ0) is 15.3. The third-order valence-electron chi connectivity index (χ3n) is 2.92. The molecule has 1 aromatic carbocycles. The van der Waals surface area contributed by atoms with Crippen LogP contribution in [0.25, 0.3) is 0 Å². The SMILES string of the molecule is CC(C)C(C)NC(=O)COc1cc(Br)ccc1C(=O)O. The van der Waals surface area contributed by atoms with Gasteiger partial charge in [0.1, 0.15) is 11.3 Å². The van der Waals surface area contributed by atoms with Crippen molar-refractivity contribution in [2.45, 2.75) is 26.8 Å². The summed E-state index contributed by atoms with van der Waals surface area (Å²) in [5.74, 6) is -0.885. The molecule has 0 saturated carbocycles. The van der Waals surface area contributed by atoms with Crippen LogP contribution in [0, 0.1) is 5.92 Å². The molecule has 2 N–H and O–H groups in total. The number of hydrogen-bond donors (Lipinski definition) is 2. The number of amides is 1. The molecule has 0 aromatic heterocycles. The van der Waals surface area contributed by atoms with E-state index in [2.05, 4.69) is 21.2 Å². The van der Waals surface area contributed by atoms with E-state index < -0.39 is 5.97 Å². The summed E-state index contributed by atoms with van der Waals surface area (Å²) in [5.41, 5.74) is 0.0258. The molecule has 1 amide bonds. The Morgan fingerprint density at radius 1 is 1.35 bits per heavy atom. The molecule has 0 fully saturated rings. The van der Waals surface area contributed by atoms with Crippen molar-refractivity contribution in [3.63, 3.8) is 0 Å². The van der Waals surface area contributed by atoms with E-state index in [0.717, 1.165) is 0 Å². The highest BCUT2D eigenvalue weighted by atomic mass is 79.9. The second-order valence-corrected chi connectivity index (χ2v) is 5.75. The first-order chi connectivity index (χ1) is 9.31. The Labute approximate surface area is 126 Å². The lowest BCUT2D eigenvalue weighted by Gasteiger charge is -2.17. The van der Waals surface area contributed by atoms with Gasteiger partial charge in [0, 0.05) is 10.5 Å². The zero-order valence-corrected chi connectivity index (χ0v) is 13.2. The first kappa shape index (κ1) is 16.5. The fraction of sp³-hybridized carbons (Fsp3) is 0.429. The number of carbonyl (C=O) groups excluding carboxylic acids is 1. The maximum Gasteiger partial charge on any atom is 0.339 e. The average Bonchev–Trinajstić information content (AvgIpc) is 2.35. The minimum Gasteiger partial charge on any atom is -0.483 e. The van der Waals surface area contributed by atoms with E-state index >= 15 is 0 Å². The van der Waals surface area contributed by atoms with Gasteiger partial charge in [-0.25, -0.2) is 4.79 Å². The molecule has 0 bridgehead atoms. The van der Waals surface area contributed by atoms with Crippen molar-refractivity contribution in [3.8, 4) is 5.75 Å². The van der Waals surface area contributed by atoms with E-state index in [1.165, 1.54) is 12.1 Å². The molecule has 5 nitrogen and oxygen atoms in total. The Bertz CT molecular complexity index is 502. The van der Waals surface area contributed by atoms with Gasteiger partial charge in [0.2, 0.25) is 0 Å². The topological polar surface area (TPSA) is 75.6 Å². The summed E-state index contributed by atoms with van der Waals surface area (Å²) in [6, 6.07) is 4.60. The lowest BCUT2D eigenvalue weighted by atomic mass is 10.1. The highest BCUT2D eigenvalue weighted by Gasteiger charge is 2.15. The molecule has 0 radical (unpaired) electrons. The molecule has 1 rings (SSSR count). The quantitative estimate of drug-likeness (QED) is 0.832. The standard InChI is InChI=1S/C14H18BrNO4/c1-8(2)9(3)16-13(17)7-20-12-6-10(15)4-5-11(12)14(18)19/h4-6,8-9H,7H2,1-3H3,(H,16,17)(H,18,19). The van der Waals surface area contributed by atoms with Gasteiger partial charge in [0.05, 0.1) is 0 Å². The van der Waals surface area contributed by atoms with E-state index in [4.69, 9.17) is 9.84 Å². The Hall–Kier alpha value is -1.56. The number of rotatable bonds is 6. The van der Waals surface area contributed by atoms with Gasteiger partial charge in [-0.2, -0.15) is 0 Å². The molecule has 1 atom stereocenters. The molecular formula is C14H18BrNO4. The second kappa shape index (κ2) is 7.28. The Morgan fingerprint density at radius 3 is 2.55 bits per heavy atom. The first-order valence-electron chi connectivity index (χ1n) is 6.26. The molecule has 20 heavy (non-hydrogen) atoms. The molecular weight excluding hydrogens is 326 g/mol. The van der Waals surface area contributed by atoms with Crippen molar-refractivity contribution in [2.75, 3.05) is 6.61 Å². The van der Waals surface area contributed by atoms with E-state index in [0.29, 0.717) is 10.4 Å². The van der Waals surface area contributed by atoms with Crippen molar-refractivity contribution in [1.29, 1.82) is 0 Å². The van der Waals surface area contributed by atoms with Gasteiger partial charge < -0.3 is 15.2 Å². The Balaban J connectivity index is 2.68. The molecule has 6 heteroatoms. The van der Waals surface area contributed by atoms with Crippen LogP contribution in [0.1, 0.15) is 31.1 Å². The monoisotopic (exact) mass is 343 g/mol. The number of carboxylic acids is 1. The molecule has 0 aliphatic rings. The summed E-state index contributed by atoms with van der Waals surface area (Å²) < 4.78 is 5.99. The van der Waals surface area contributed by atoms with Gasteiger partial charge in [-0.1, -0.05) is 29.8 Å². The number of carbonyl (C=O) groups is 2. The third-order valence-corrected chi connectivity index (χ3v) is 3.41. The highest BCUT2D eigenvalue weighted by molar-refractivity contribution is 9.10. The van der Waals surface area contributed by atoms with Crippen LogP contribution < -0.4 is 10.1 Å². The van der Waals surface area contributed by atoms with Crippen molar-refractivity contribution < 1.29 is 19.4 Å². The molecule has 0 heterocycles. The third kappa shape index (κ3) is 4.85. The minimum absolute atomic E-state index is 0.0258. The Morgan fingerprint density at radius 2 is 2.00 bits per heavy atom. The van der Waals surface area contributed by atoms with Gasteiger partial charge in [-0.15, -0.1) is 0 Å². The Kier molecular flexibility index (Phi) is 6.01. The van der Waals surface area contributed by atoms with Crippen molar-refractivity contribution in [2.24, 2.45) is 5.92 Å². The van der Waals surface area contributed by atoms with E-state index in [1.807, 2.05) is 20.8 Å². The van der Waals surface area contributed by atoms with Crippen LogP contribution in [0.4, 0.5) is 0 Å². The normalized spacial score (nSPS) is 12.1. The van der Waals surface area contributed by atoms with Crippen LogP contribution >= 0.6 is 15.9 Å².